The summed E-state index contributed by atoms with van der Waals surface area (Å²) >= 11 is 1.57. The fourth-order valence-corrected chi connectivity index (χ4v) is 3.63. The first kappa shape index (κ1) is 13.9. The Hall–Kier alpha value is -2.08. The molecule has 6 heteroatoms. The van der Waals surface area contributed by atoms with Gasteiger partial charge in [0, 0.05) is 24.0 Å². The maximum absolute atomic E-state index is 12.4. The fourth-order valence-electron chi connectivity index (χ4n) is 2.73. The number of fused-ring (bicyclic) bond motifs is 3. The van der Waals surface area contributed by atoms with Gasteiger partial charge >= 0.3 is 0 Å². The predicted molar refractivity (Wildman–Crippen MR) is 85.0 cm³/mol. The minimum atomic E-state index is -0.0963. The molecule has 2 aromatic heterocycles. The Morgan fingerprint density at radius 3 is 3.14 bits per heavy atom. The molecule has 0 fully saturated rings. The molecular weight excluding hydrogens is 284 g/mol. The first-order valence-corrected chi connectivity index (χ1v) is 7.94. The third-order valence-corrected chi connectivity index (χ3v) is 4.62. The van der Waals surface area contributed by atoms with E-state index in [9.17, 15) is 4.79 Å². The normalized spacial score (nSPS) is 17.9. The van der Waals surface area contributed by atoms with Crippen LogP contribution in [0.3, 0.4) is 0 Å². The average Bonchev–Trinajstić information content (AvgIpc) is 3.11. The molecule has 1 amide bonds. The van der Waals surface area contributed by atoms with E-state index in [4.69, 9.17) is 5.84 Å². The largest absolute Gasteiger partial charge is 0.343 e. The van der Waals surface area contributed by atoms with E-state index in [-0.39, 0.29) is 11.9 Å². The zero-order valence-corrected chi connectivity index (χ0v) is 12.7. The summed E-state index contributed by atoms with van der Waals surface area (Å²) in [6, 6.07) is 5.81. The second-order valence-corrected chi connectivity index (χ2v) is 6.01. The van der Waals surface area contributed by atoms with Gasteiger partial charge in [0.05, 0.1) is 11.6 Å². The molecule has 21 heavy (non-hydrogen) atoms. The molecule has 5 nitrogen and oxygen atoms in total. The van der Waals surface area contributed by atoms with Gasteiger partial charge in [-0.3, -0.25) is 4.79 Å². The fraction of sp³-hybridized carbons (Fsp3) is 0.333. The molecule has 3 heterocycles. The van der Waals surface area contributed by atoms with Gasteiger partial charge in [0.1, 0.15) is 5.00 Å². The van der Waals surface area contributed by atoms with Crippen molar-refractivity contribution >= 4 is 23.0 Å². The number of thiophene rings is 1. The van der Waals surface area contributed by atoms with E-state index in [0.29, 0.717) is 6.42 Å². The quantitative estimate of drug-likeness (QED) is 0.518. The standard InChI is InChI=1S/C15H18N4OS/c1-2-4-10(18-16)9-12-13-5-3-7-19(13)15-11(6-8-21-15)14(20)17-12/h3,5-8,12H,2,4,9,16H2,1H3,(H,17,20)/b18-10+. The lowest BCUT2D eigenvalue weighted by atomic mass is 10.0. The summed E-state index contributed by atoms with van der Waals surface area (Å²) in [7, 11) is 0. The Balaban J connectivity index is 1.98. The van der Waals surface area contributed by atoms with Gasteiger partial charge < -0.3 is 15.7 Å². The van der Waals surface area contributed by atoms with Crippen molar-refractivity contribution in [3.8, 4) is 5.00 Å². The van der Waals surface area contributed by atoms with Crippen molar-refractivity contribution < 1.29 is 4.79 Å². The lowest BCUT2D eigenvalue weighted by Gasteiger charge is -2.18. The van der Waals surface area contributed by atoms with Crippen molar-refractivity contribution in [3.05, 3.63) is 41.0 Å². The number of carbonyl (C=O) groups is 1. The second kappa shape index (κ2) is 5.73. The number of nitrogens with zero attached hydrogens (tertiary/aromatic N) is 2. The molecule has 0 aliphatic carbocycles. The van der Waals surface area contributed by atoms with Gasteiger partial charge in [-0.15, -0.1) is 11.3 Å². The zero-order valence-electron chi connectivity index (χ0n) is 11.9. The number of hydrogen-bond donors (Lipinski definition) is 2. The van der Waals surface area contributed by atoms with Crippen LogP contribution in [-0.2, 0) is 0 Å². The van der Waals surface area contributed by atoms with E-state index in [2.05, 4.69) is 21.9 Å². The highest BCUT2D eigenvalue weighted by Crippen LogP contribution is 2.31. The van der Waals surface area contributed by atoms with Gasteiger partial charge in [-0.05, 0) is 30.0 Å². The molecule has 0 saturated heterocycles. The van der Waals surface area contributed by atoms with Crippen LogP contribution >= 0.6 is 11.3 Å². The number of nitrogens with two attached hydrogens (primary N) is 1. The summed E-state index contributed by atoms with van der Waals surface area (Å²) in [6.45, 7) is 2.09. The first-order valence-electron chi connectivity index (χ1n) is 7.06. The van der Waals surface area contributed by atoms with E-state index in [1.54, 1.807) is 11.3 Å². The maximum atomic E-state index is 12.4. The van der Waals surface area contributed by atoms with E-state index < -0.39 is 0 Å². The second-order valence-electron chi connectivity index (χ2n) is 5.12. The molecule has 0 aromatic carbocycles. The summed E-state index contributed by atoms with van der Waals surface area (Å²) in [5.74, 6) is 5.45. The number of aromatic nitrogens is 1. The summed E-state index contributed by atoms with van der Waals surface area (Å²) in [4.78, 5) is 12.4. The number of nitrogens with one attached hydrogen (secondary N) is 1. The van der Waals surface area contributed by atoms with E-state index >= 15 is 0 Å². The van der Waals surface area contributed by atoms with E-state index in [0.717, 1.165) is 34.8 Å². The summed E-state index contributed by atoms with van der Waals surface area (Å²) in [5, 5.41) is 9.89. The molecular formula is C15H18N4OS. The molecule has 1 aliphatic rings. The van der Waals surface area contributed by atoms with Crippen LogP contribution in [0, 0.1) is 0 Å². The molecule has 0 saturated carbocycles. The van der Waals surface area contributed by atoms with Crippen LogP contribution in [0.15, 0.2) is 34.9 Å². The smallest absolute Gasteiger partial charge is 0.254 e. The number of amides is 1. The van der Waals surface area contributed by atoms with Gasteiger partial charge in [-0.1, -0.05) is 13.3 Å². The molecule has 1 atom stereocenters. The average molecular weight is 302 g/mol. The highest BCUT2D eigenvalue weighted by Gasteiger charge is 2.27. The maximum Gasteiger partial charge on any atom is 0.254 e. The zero-order chi connectivity index (χ0) is 14.8. The minimum Gasteiger partial charge on any atom is -0.343 e. The highest BCUT2D eigenvalue weighted by atomic mass is 32.1. The molecule has 110 valence electrons. The van der Waals surface area contributed by atoms with Crippen LogP contribution in [0.4, 0.5) is 0 Å². The Morgan fingerprint density at radius 2 is 2.38 bits per heavy atom. The lowest BCUT2D eigenvalue weighted by Crippen LogP contribution is -2.29. The van der Waals surface area contributed by atoms with Crippen LogP contribution in [0.1, 0.15) is 48.3 Å². The lowest BCUT2D eigenvalue weighted by molar-refractivity contribution is 0.0940. The van der Waals surface area contributed by atoms with Crippen molar-refractivity contribution in [2.24, 2.45) is 10.9 Å². The van der Waals surface area contributed by atoms with Crippen LogP contribution in [-0.4, -0.2) is 16.2 Å². The minimum absolute atomic E-state index is 0.0344. The van der Waals surface area contributed by atoms with Crippen molar-refractivity contribution in [1.82, 2.24) is 9.88 Å². The van der Waals surface area contributed by atoms with Crippen molar-refractivity contribution in [1.29, 1.82) is 0 Å². The molecule has 0 spiro atoms. The van der Waals surface area contributed by atoms with Crippen LogP contribution in [0.25, 0.3) is 5.00 Å². The number of hydrogen-bond acceptors (Lipinski definition) is 4. The molecule has 2 aromatic rings. The summed E-state index contributed by atoms with van der Waals surface area (Å²) < 4.78 is 2.09. The van der Waals surface area contributed by atoms with E-state index in [1.165, 1.54) is 0 Å². The molecule has 1 aliphatic heterocycles. The van der Waals surface area contributed by atoms with E-state index in [1.807, 2.05) is 29.8 Å². The first-order chi connectivity index (χ1) is 10.2. The molecule has 0 radical (unpaired) electrons. The summed E-state index contributed by atoms with van der Waals surface area (Å²) in [5.41, 5.74) is 2.73. The van der Waals surface area contributed by atoms with Gasteiger partial charge in [0.15, 0.2) is 0 Å². The number of hydrazone groups is 1. The Morgan fingerprint density at radius 1 is 1.52 bits per heavy atom. The van der Waals surface area contributed by atoms with Crippen LogP contribution in [0.2, 0.25) is 0 Å². The summed E-state index contributed by atoms with van der Waals surface area (Å²) in [6.07, 6.45) is 4.49. The third kappa shape index (κ3) is 2.47. The molecule has 1 unspecified atom stereocenters. The van der Waals surface area contributed by atoms with Crippen molar-refractivity contribution in [2.45, 2.75) is 32.2 Å². The van der Waals surface area contributed by atoms with Gasteiger partial charge in [0.2, 0.25) is 0 Å². The van der Waals surface area contributed by atoms with Gasteiger partial charge in [-0.2, -0.15) is 5.10 Å². The molecule has 0 bridgehead atoms. The molecule has 3 N–H and O–H groups in total. The SMILES string of the molecule is CCC/C(CC1NC(=O)c2ccsc2-n2cccc21)=N\N. The predicted octanol–water partition coefficient (Wildman–Crippen LogP) is 2.83. The Kier molecular flexibility index (Phi) is 3.79. The number of carbonyl (C=O) groups excluding carboxylic acids is 1. The van der Waals surface area contributed by atoms with Crippen LogP contribution < -0.4 is 11.2 Å². The van der Waals surface area contributed by atoms with Crippen LogP contribution in [0.5, 0.6) is 0 Å². The Labute approximate surface area is 127 Å². The topological polar surface area (TPSA) is 72.4 Å². The highest BCUT2D eigenvalue weighted by molar-refractivity contribution is 7.13. The number of rotatable bonds is 4. The van der Waals surface area contributed by atoms with Crippen molar-refractivity contribution in [2.75, 3.05) is 0 Å². The molecule has 3 rings (SSSR count). The van der Waals surface area contributed by atoms with Gasteiger partial charge in [-0.25, -0.2) is 0 Å². The van der Waals surface area contributed by atoms with Crippen molar-refractivity contribution in [3.63, 3.8) is 0 Å². The van der Waals surface area contributed by atoms with Gasteiger partial charge in [0.25, 0.3) is 5.91 Å². The Bertz CT molecular complexity index is 685. The third-order valence-electron chi connectivity index (χ3n) is 3.71. The monoisotopic (exact) mass is 302 g/mol.